The molecule has 2 aromatic carbocycles. The lowest BCUT2D eigenvalue weighted by Crippen LogP contribution is -2.61. The third-order valence-electron chi connectivity index (χ3n) is 5.68. The Balaban J connectivity index is 1.64. The molecule has 30 heavy (non-hydrogen) atoms. The molecule has 2 aliphatic rings. The molecule has 0 saturated carbocycles. The van der Waals surface area contributed by atoms with E-state index in [9.17, 15) is 9.36 Å². The van der Waals surface area contributed by atoms with Crippen molar-refractivity contribution >= 4 is 13.7 Å². The Kier molecular flexibility index (Phi) is 5.37. The molecule has 0 bridgehead atoms. The number of hydrogen-bond donors (Lipinski definition) is 0. The molecule has 0 aliphatic carbocycles. The van der Waals surface area contributed by atoms with Gasteiger partial charge < -0.3 is 18.5 Å². The Morgan fingerprint density at radius 1 is 0.900 bits per heavy atom. The minimum atomic E-state index is -4.07. The van der Waals surface area contributed by atoms with Gasteiger partial charge in [-0.1, -0.05) is 57.2 Å². The predicted octanol–water partition coefficient (Wildman–Crippen LogP) is 5.63. The second-order valence-electron chi connectivity index (χ2n) is 8.05. The quantitative estimate of drug-likeness (QED) is 0.423. The van der Waals surface area contributed by atoms with Crippen LogP contribution in [0.3, 0.4) is 0 Å². The van der Waals surface area contributed by atoms with Gasteiger partial charge in [0.1, 0.15) is 17.3 Å². The molecule has 0 radical (unpaired) electrons. The summed E-state index contributed by atoms with van der Waals surface area (Å²) in [5.74, 6) is 1.36. The van der Waals surface area contributed by atoms with Crippen LogP contribution in [0.25, 0.3) is 0 Å². The van der Waals surface area contributed by atoms with Crippen LogP contribution in [-0.2, 0) is 13.9 Å². The number of β-lactam (4-membered cyclic amide) rings is 1. The summed E-state index contributed by atoms with van der Waals surface area (Å²) < 4.78 is 31.2. The van der Waals surface area contributed by atoms with Gasteiger partial charge in [0.25, 0.3) is 0 Å². The lowest BCUT2D eigenvalue weighted by atomic mass is 9.75. The van der Waals surface area contributed by atoms with E-state index < -0.39 is 7.82 Å². The Labute approximate surface area is 177 Å². The van der Waals surface area contributed by atoms with Crippen LogP contribution in [0.4, 0.5) is 0 Å². The topological polar surface area (TPSA) is 65.1 Å². The zero-order chi connectivity index (χ0) is 21.5. The summed E-state index contributed by atoms with van der Waals surface area (Å²) in [6.07, 6.45) is 0. The lowest BCUT2D eigenvalue weighted by Gasteiger charge is -2.47. The number of amides is 1. The molecule has 1 fully saturated rings. The predicted molar refractivity (Wildman–Crippen MR) is 114 cm³/mol. The molecule has 6 nitrogen and oxygen atoms in total. The van der Waals surface area contributed by atoms with Gasteiger partial charge in [0.15, 0.2) is 0 Å². The molecule has 1 amide bonds. The van der Waals surface area contributed by atoms with E-state index in [-0.39, 0.29) is 29.7 Å². The Morgan fingerprint density at radius 3 is 1.87 bits per heavy atom. The van der Waals surface area contributed by atoms with E-state index in [1.807, 2.05) is 39.8 Å². The number of phosphoric ester groups is 1. The van der Waals surface area contributed by atoms with Gasteiger partial charge in [0, 0.05) is 5.92 Å². The van der Waals surface area contributed by atoms with E-state index in [1.54, 1.807) is 53.4 Å². The second-order valence-corrected chi connectivity index (χ2v) is 9.50. The van der Waals surface area contributed by atoms with Crippen molar-refractivity contribution in [3.05, 3.63) is 72.1 Å². The van der Waals surface area contributed by atoms with Crippen LogP contribution in [0.15, 0.2) is 72.1 Å². The van der Waals surface area contributed by atoms with Gasteiger partial charge in [-0.3, -0.25) is 4.79 Å². The van der Waals surface area contributed by atoms with E-state index in [1.165, 1.54) is 0 Å². The summed E-state index contributed by atoms with van der Waals surface area (Å²) in [7, 11) is -4.07. The number of para-hydroxylation sites is 2. The van der Waals surface area contributed by atoms with Crippen molar-refractivity contribution in [2.45, 2.75) is 33.7 Å². The maximum atomic E-state index is 13.7. The fraction of sp³-hybridized carbons (Fsp3) is 0.348. The molecule has 2 heterocycles. The molecule has 0 spiro atoms. The number of hydrogen-bond acceptors (Lipinski definition) is 5. The van der Waals surface area contributed by atoms with Crippen LogP contribution < -0.4 is 9.05 Å². The summed E-state index contributed by atoms with van der Waals surface area (Å²) in [6.45, 7) is 7.89. The zero-order valence-corrected chi connectivity index (χ0v) is 18.4. The molecule has 4 rings (SSSR count). The molecule has 158 valence electrons. The highest BCUT2D eigenvalue weighted by atomic mass is 31.2. The fourth-order valence-corrected chi connectivity index (χ4v) is 5.70. The Hall–Kier alpha value is -2.72. The van der Waals surface area contributed by atoms with Gasteiger partial charge in [-0.05, 0) is 37.1 Å². The van der Waals surface area contributed by atoms with Crippen molar-refractivity contribution in [3.8, 4) is 11.5 Å². The standard InChI is InChI=1S/C23H26NO5P/c1-15(2)20-21-16(3)22(17(4)24(21)23(20)25)29-30(26,27-18-11-7-5-8-12-18)28-19-13-9-6-10-14-19/h5-16,20-21H,1-4H3/t16-,20-,21-/m1/s1. The first-order valence-corrected chi connectivity index (χ1v) is 11.6. The molecule has 0 N–H and O–H groups in total. The summed E-state index contributed by atoms with van der Waals surface area (Å²) in [5, 5.41) is 0. The van der Waals surface area contributed by atoms with Gasteiger partial charge in [-0.2, -0.15) is 4.57 Å². The smallest absolute Gasteiger partial charge is 0.388 e. The van der Waals surface area contributed by atoms with E-state index in [0.717, 1.165) is 0 Å². The van der Waals surface area contributed by atoms with Crippen LogP contribution in [0.2, 0.25) is 0 Å². The third kappa shape index (κ3) is 3.61. The van der Waals surface area contributed by atoms with Crippen molar-refractivity contribution in [2.75, 3.05) is 0 Å². The van der Waals surface area contributed by atoms with Crippen LogP contribution >= 0.6 is 7.82 Å². The van der Waals surface area contributed by atoms with Crippen molar-refractivity contribution in [1.82, 2.24) is 4.90 Å². The monoisotopic (exact) mass is 427 g/mol. The number of carbonyl (C=O) groups is 1. The second kappa shape index (κ2) is 7.84. The maximum Gasteiger partial charge on any atom is 0.646 e. The van der Waals surface area contributed by atoms with Crippen LogP contribution in [0, 0.1) is 17.8 Å². The fourth-order valence-electron chi connectivity index (χ4n) is 4.28. The van der Waals surface area contributed by atoms with E-state index >= 15 is 0 Å². The number of fused-ring (bicyclic) bond motifs is 1. The van der Waals surface area contributed by atoms with Crippen molar-refractivity contribution in [1.29, 1.82) is 0 Å². The van der Waals surface area contributed by atoms with E-state index in [2.05, 4.69) is 0 Å². The number of nitrogens with zero attached hydrogens (tertiary/aromatic N) is 1. The summed E-state index contributed by atoms with van der Waals surface area (Å²) in [4.78, 5) is 14.4. The number of phosphoric acid groups is 1. The van der Waals surface area contributed by atoms with Gasteiger partial charge in [0.05, 0.1) is 17.7 Å². The third-order valence-corrected chi connectivity index (χ3v) is 6.97. The van der Waals surface area contributed by atoms with Gasteiger partial charge in [0.2, 0.25) is 5.91 Å². The van der Waals surface area contributed by atoms with Gasteiger partial charge in [-0.25, -0.2) is 0 Å². The highest BCUT2D eigenvalue weighted by Crippen LogP contribution is 2.57. The average molecular weight is 427 g/mol. The van der Waals surface area contributed by atoms with E-state index in [4.69, 9.17) is 13.6 Å². The molecule has 0 unspecified atom stereocenters. The van der Waals surface area contributed by atoms with Crippen LogP contribution in [0.5, 0.6) is 11.5 Å². The number of allylic oxidation sites excluding steroid dienone is 1. The van der Waals surface area contributed by atoms with Gasteiger partial charge >= 0.3 is 7.82 Å². The summed E-state index contributed by atoms with van der Waals surface area (Å²) >= 11 is 0. The molecular weight excluding hydrogens is 401 g/mol. The molecule has 3 atom stereocenters. The average Bonchev–Trinajstić information content (AvgIpc) is 2.90. The normalized spacial score (nSPS) is 23.3. The van der Waals surface area contributed by atoms with Gasteiger partial charge in [-0.15, -0.1) is 0 Å². The van der Waals surface area contributed by atoms with Crippen molar-refractivity contribution in [3.63, 3.8) is 0 Å². The minimum Gasteiger partial charge on any atom is -0.388 e. The number of benzene rings is 2. The molecule has 2 aromatic rings. The van der Waals surface area contributed by atoms with Crippen LogP contribution in [0.1, 0.15) is 27.7 Å². The molecule has 1 saturated heterocycles. The first-order chi connectivity index (χ1) is 14.3. The zero-order valence-electron chi connectivity index (χ0n) is 17.5. The summed E-state index contributed by atoms with van der Waals surface area (Å²) in [5.41, 5.74) is 0.669. The Morgan fingerprint density at radius 2 is 1.40 bits per heavy atom. The maximum absolute atomic E-state index is 13.7. The summed E-state index contributed by atoms with van der Waals surface area (Å²) in [6, 6.07) is 17.6. The minimum absolute atomic E-state index is 0.00870. The highest BCUT2D eigenvalue weighted by molar-refractivity contribution is 7.49. The molecule has 0 aromatic heterocycles. The largest absolute Gasteiger partial charge is 0.646 e. The molecular formula is C23H26NO5P. The lowest BCUT2D eigenvalue weighted by molar-refractivity contribution is -0.155. The van der Waals surface area contributed by atoms with Crippen LogP contribution in [-0.4, -0.2) is 16.8 Å². The SMILES string of the molecule is CC1=C(OP(=O)(Oc2ccccc2)Oc2ccccc2)[C@H](C)[C@@H]2[C@@H](C(C)C)C(=O)N12. The number of rotatable bonds is 7. The van der Waals surface area contributed by atoms with Crippen molar-refractivity contribution < 1.29 is 22.9 Å². The Bertz CT molecular complexity index is 959. The highest BCUT2D eigenvalue weighted by Gasteiger charge is 2.58. The molecule has 7 heteroatoms. The number of carbonyl (C=O) groups excluding carboxylic acids is 1. The van der Waals surface area contributed by atoms with Crippen molar-refractivity contribution in [2.24, 2.45) is 17.8 Å². The van der Waals surface area contributed by atoms with E-state index in [0.29, 0.717) is 23.0 Å². The first-order valence-electron chi connectivity index (χ1n) is 10.1. The molecule has 2 aliphatic heterocycles. The first kappa shape index (κ1) is 20.5.